The number of fused-ring (bicyclic) bond motifs is 3. The van der Waals surface area contributed by atoms with Crippen molar-refractivity contribution in [2.75, 3.05) is 11.1 Å². The number of benzene rings is 2. The minimum absolute atomic E-state index is 0.0489. The predicted octanol–water partition coefficient (Wildman–Crippen LogP) is 4.14. The van der Waals surface area contributed by atoms with Crippen molar-refractivity contribution in [2.24, 2.45) is 0 Å². The Hall–Kier alpha value is -2.52. The smallest absolute Gasteiger partial charge is 0.234 e. The number of carbonyl (C=O) groups excluding carboxylic acids is 1. The summed E-state index contributed by atoms with van der Waals surface area (Å²) in [6.45, 7) is 0. The molecule has 0 unspecified atom stereocenters. The molecule has 0 bridgehead atoms. The van der Waals surface area contributed by atoms with E-state index < -0.39 is 5.82 Å². The van der Waals surface area contributed by atoms with E-state index in [2.05, 4.69) is 41.4 Å². The number of halogens is 2. The van der Waals surface area contributed by atoms with E-state index in [1.165, 1.54) is 12.1 Å². The van der Waals surface area contributed by atoms with E-state index in [0.717, 1.165) is 27.1 Å². The number of amides is 1. The van der Waals surface area contributed by atoms with Crippen LogP contribution >= 0.6 is 27.7 Å². The molecule has 0 atom stereocenters. The normalized spacial score (nSPS) is 11.2. The summed E-state index contributed by atoms with van der Waals surface area (Å²) in [7, 11) is 0. The highest BCUT2D eigenvalue weighted by Crippen LogP contribution is 2.26. The van der Waals surface area contributed by atoms with Crippen molar-refractivity contribution in [1.29, 1.82) is 0 Å². The van der Waals surface area contributed by atoms with Crippen molar-refractivity contribution in [1.82, 2.24) is 20.2 Å². The Kier molecular flexibility index (Phi) is 4.56. The van der Waals surface area contributed by atoms with Gasteiger partial charge in [0, 0.05) is 15.4 Å². The monoisotopic (exact) mass is 431 g/mol. The van der Waals surface area contributed by atoms with Crippen molar-refractivity contribution >= 4 is 61.4 Å². The zero-order chi connectivity index (χ0) is 18.1. The number of nitrogens with zero attached hydrogens (tertiary/aromatic N) is 3. The van der Waals surface area contributed by atoms with Crippen molar-refractivity contribution in [2.45, 2.75) is 5.16 Å². The summed E-state index contributed by atoms with van der Waals surface area (Å²) in [5, 5.41) is 12.1. The lowest BCUT2D eigenvalue weighted by Gasteiger charge is -2.05. The first-order valence-corrected chi connectivity index (χ1v) is 9.37. The number of aromatic amines is 1. The topological polar surface area (TPSA) is 83.6 Å². The maximum atomic E-state index is 13.6. The average molecular weight is 432 g/mol. The molecule has 26 heavy (non-hydrogen) atoms. The Bertz CT molecular complexity index is 1130. The summed E-state index contributed by atoms with van der Waals surface area (Å²) < 4.78 is 14.5. The molecule has 1 amide bonds. The maximum absolute atomic E-state index is 13.6. The molecule has 0 aliphatic rings. The minimum Gasteiger partial charge on any atom is -0.338 e. The van der Waals surface area contributed by atoms with E-state index in [-0.39, 0.29) is 17.3 Å². The molecule has 0 aliphatic heterocycles. The van der Waals surface area contributed by atoms with Gasteiger partial charge in [0.05, 0.1) is 11.4 Å². The second-order valence-electron chi connectivity index (χ2n) is 5.42. The molecule has 6 nitrogen and oxygen atoms in total. The first-order valence-electron chi connectivity index (χ1n) is 7.59. The van der Waals surface area contributed by atoms with Gasteiger partial charge in [-0.25, -0.2) is 9.37 Å². The first kappa shape index (κ1) is 16.9. The number of hydrogen-bond donors (Lipinski definition) is 2. The Labute approximate surface area is 159 Å². The van der Waals surface area contributed by atoms with Crippen molar-refractivity contribution in [3.05, 3.63) is 52.8 Å². The lowest BCUT2D eigenvalue weighted by molar-refractivity contribution is -0.113. The fourth-order valence-electron chi connectivity index (χ4n) is 2.47. The van der Waals surface area contributed by atoms with E-state index in [1.807, 2.05) is 18.2 Å². The van der Waals surface area contributed by atoms with Crippen LogP contribution in [-0.2, 0) is 4.79 Å². The Balaban J connectivity index is 1.50. The summed E-state index contributed by atoms with van der Waals surface area (Å²) in [6.07, 6.45) is 0. The number of nitrogens with one attached hydrogen (secondary N) is 2. The first-order chi connectivity index (χ1) is 12.6. The second kappa shape index (κ2) is 7.00. The molecule has 2 aromatic carbocycles. The fourth-order valence-corrected chi connectivity index (χ4v) is 3.42. The second-order valence-corrected chi connectivity index (χ2v) is 7.28. The molecule has 4 aromatic rings. The van der Waals surface area contributed by atoms with Crippen LogP contribution in [0.4, 0.5) is 10.1 Å². The van der Waals surface area contributed by atoms with Gasteiger partial charge in [-0.1, -0.05) is 39.8 Å². The van der Waals surface area contributed by atoms with Gasteiger partial charge in [0.2, 0.25) is 11.1 Å². The summed E-state index contributed by atoms with van der Waals surface area (Å²) in [5.41, 5.74) is 2.32. The van der Waals surface area contributed by atoms with Gasteiger partial charge in [-0.05, 0) is 30.3 Å². The van der Waals surface area contributed by atoms with Gasteiger partial charge in [0.25, 0.3) is 0 Å². The van der Waals surface area contributed by atoms with Gasteiger partial charge >= 0.3 is 0 Å². The van der Waals surface area contributed by atoms with Crippen LogP contribution in [0.3, 0.4) is 0 Å². The average Bonchev–Trinajstić information content (AvgIpc) is 2.99. The van der Waals surface area contributed by atoms with Crippen molar-refractivity contribution in [3.8, 4) is 0 Å². The van der Waals surface area contributed by atoms with Crippen LogP contribution < -0.4 is 5.32 Å². The van der Waals surface area contributed by atoms with E-state index in [1.54, 1.807) is 12.1 Å². The molecule has 2 aromatic heterocycles. The van der Waals surface area contributed by atoms with Gasteiger partial charge in [-0.2, -0.15) is 0 Å². The van der Waals surface area contributed by atoms with Gasteiger partial charge in [0.1, 0.15) is 11.3 Å². The summed E-state index contributed by atoms with van der Waals surface area (Å²) >= 11 is 4.57. The number of H-pyrrole nitrogens is 1. The van der Waals surface area contributed by atoms with Crippen LogP contribution in [0.15, 0.2) is 52.1 Å². The highest BCUT2D eigenvalue weighted by Gasteiger charge is 2.12. The molecule has 0 spiro atoms. The molecule has 4 rings (SSSR count). The van der Waals surface area contributed by atoms with Gasteiger partial charge in [-0.3, -0.25) is 4.79 Å². The number of rotatable bonds is 4. The predicted molar refractivity (Wildman–Crippen MR) is 103 cm³/mol. The van der Waals surface area contributed by atoms with Crippen LogP contribution in [0.25, 0.3) is 22.1 Å². The fraction of sp³-hybridized carbons (Fsp3) is 0.0588. The third-order valence-electron chi connectivity index (χ3n) is 3.64. The van der Waals surface area contributed by atoms with E-state index in [0.29, 0.717) is 16.3 Å². The maximum Gasteiger partial charge on any atom is 0.234 e. The third kappa shape index (κ3) is 3.40. The minimum atomic E-state index is -0.477. The number of para-hydroxylation sites is 1. The van der Waals surface area contributed by atoms with Crippen LogP contribution in [0.5, 0.6) is 0 Å². The number of aromatic nitrogens is 4. The van der Waals surface area contributed by atoms with Crippen molar-refractivity contribution < 1.29 is 9.18 Å². The van der Waals surface area contributed by atoms with Gasteiger partial charge < -0.3 is 10.3 Å². The Morgan fingerprint density at radius 3 is 2.92 bits per heavy atom. The summed E-state index contributed by atoms with van der Waals surface area (Å²) in [6, 6.07) is 11.8. The molecular formula is C17H11BrFN5OS. The molecule has 0 aliphatic carbocycles. The van der Waals surface area contributed by atoms with Crippen LogP contribution in [0.2, 0.25) is 0 Å². The molecular weight excluding hydrogens is 421 g/mol. The number of hydrogen-bond acceptors (Lipinski definition) is 5. The van der Waals surface area contributed by atoms with Crippen molar-refractivity contribution in [3.63, 3.8) is 0 Å². The third-order valence-corrected chi connectivity index (χ3v) is 4.97. The standard InChI is InChI=1S/C17H11BrFN5OS/c18-9-5-6-12-10(7-9)15-16(21-12)22-17(24-23-15)26-8-14(25)20-13-4-2-1-3-11(13)19/h1-7H,8H2,(H,20,25)(H,21,22,24). The van der Waals surface area contributed by atoms with Gasteiger partial charge in [-0.15, -0.1) is 10.2 Å². The molecule has 0 fully saturated rings. The zero-order valence-corrected chi connectivity index (χ0v) is 15.6. The van der Waals surface area contributed by atoms with Crippen LogP contribution in [0, 0.1) is 5.82 Å². The van der Waals surface area contributed by atoms with Crippen LogP contribution in [-0.4, -0.2) is 31.8 Å². The number of thioether (sulfide) groups is 1. The zero-order valence-electron chi connectivity index (χ0n) is 13.2. The number of anilines is 1. The SMILES string of the molecule is O=C(CSc1nnc2c(n1)[nH]c1ccc(Br)cc12)Nc1ccccc1F. The van der Waals surface area contributed by atoms with E-state index >= 15 is 0 Å². The Morgan fingerprint density at radius 1 is 1.23 bits per heavy atom. The Morgan fingerprint density at radius 2 is 2.08 bits per heavy atom. The molecule has 2 N–H and O–H groups in total. The van der Waals surface area contributed by atoms with E-state index in [9.17, 15) is 9.18 Å². The summed E-state index contributed by atoms with van der Waals surface area (Å²) in [4.78, 5) is 19.6. The van der Waals surface area contributed by atoms with Crippen LogP contribution in [0.1, 0.15) is 0 Å². The lowest BCUT2D eigenvalue weighted by Crippen LogP contribution is -2.15. The quantitative estimate of drug-likeness (QED) is 0.474. The summed E-state index contributed by atoms with van der Waals surface area (Å²) in [5.74, 6) is -0.772. The molecule has 9 heteroatoms. The largest absolute Gasteiger partial charge is 0.338 e. The molecule has 0 saturated carbocycles. The molecule has 130 valence electrons. The van der Waals surface area contributed by atoms with Gasteiger partial charge in [0.15, 0.2) is 5.65 Å². The van der Waals surface area contributed by atoms with E-state index in [4.69, 9.17) is 0 Å². The molecule has 2 heterocycles. The highest BCUT2D eigenvalue weighted by molar-refractivity contribution is 9.10. The molecule has 0 radical (unpaired) electrons. The lowest BCUT2D eigenvalue weighted by atomic mass is 10.2. The molecule has 0 saturated heterocycles. The number of carbonyl (C=O) groups is 1. The highest BCUT2D eigenvalue weighted by atomic mass is 79.9.